The van der Waals surface area contributed by atoms with Crippen LogP contribution in [0.2, 0.25) is 0 Å². The van der Waals surface area contributed by atoms with E-state index in [1.165, 1.54) is 0 Å². The number of nitrogens with zero attached hydrogens (tertiary/aromatic N) is 2. The first kappa shape index (κ1) is 22.0. The van der Waals surface area contributed by atoms with Crippen molar-refractivity contribution in [2.45, 2.75) is 33.2 Å². The van der Waals surface area contributed by atoms with E-state index in [4.69, 9.17) is 0 Å². The molecule has 3 rings (SSSR count). The van der Waals surface area contributed by atoms with Crippen molar-refractivity contribution in [3.63, 3.8) is 0 Å². The molecule has 0 unspecified atom stereocenters. The fraction of sp³-hybridized carbons (Fsp3) is 0.333. The van der Waals surface area contributed by atoms with Crippen molar-refractivity contribution in [2.24, 2.45) is 0 Å². The maximum atomic E-state index is 12.6. The van der Waals surface area contributed by atoms with Crippen molar-refractivity contribution in [1.82, 2.24) is 4.57 Å². The van der Waals surface area contributed by atoms with E-state index in [0.717, 1.165) is 44.1 Å². The third-order valence-corrected chi connectivity index (χ3v) is 6.79. The van der Waals surface area contributed by atoms with Gasteiger partial charge >= 0.3 is 4.87 Å². The average molecular weight is 448 g/mol. The van der Waals surface area contributed by atoms with Crippen molar-refractivity contribution >= 4 is 48.9 Å². The molecule has 0 saturated heterocycles. The first-order chi connectivity index (χ1) is 14.1. The summed E-state index contributed by atoms with van der Waals surface area (Å²) in [4.78, 5) is 24.7. The highest BCUT2D eigenvalue weighted by Gasteiger charge is 2.21. The van der Waals surface area contributed by atoms with E-state index < -0.39 is 15.9 Å². The Balaban J connectivity index is 1.82. The van der Waals surface area contributed by atoms with Gasteiger partial charge in [0.25, 0.3) is 0 Å². The van der Waals surface area contributed by atoms with Crippen LogP contribution in [0.15, 0.2) is 47.3 Å². The number of benzene rings is 2. The second-order valence-corrected chi connectivity index (χ2v) is 10.3. The summed E-state index contributed by atoms with van der Waals surface area (Å²) in [5.41, 5.74) is 2.84. The molecule has 0 fully saturated rings. The summed E-state index contributed by atoms with van der Waals surface area (Å²) in [5.74, 6) is -0.463. The minimum Gasteiger partial charge on any atom is -0.324 e. The number of sulfonamides is 1. The topological polar surface area (TPSA) is 88.5 Å². The summed E-state index contributed by atoms with van der Waals surface area (Å²) in [6, 6.07) is 12.4. The van der Waals surface area contributed by atoms with Crippen LogP contribution in [0.3, 0.4) is 0 Å². The van der Waals surface area contributed by atoms with Crippen LogP contribution >= 0.6 is 11.3 Å². The lowest BCUT2D eigenvalue weighted by molar-refractivity contribution is -0.114. The highest BCUT2D eigenvalue weighted by molar-refractivity contribution is 7.92. The zero-order valence-corrected chi connectivity index (χ0v) is 19.0. The minimum absolute atomic E-state index is 0.0362. The summed E-state index contributed by atoms with van der Waals surface area (Å²) in [5, 5.41) is 2.74. The maximum Gasteiger partial charge on any atom is 0.308 e. The number of amides is 1. The van der Waals surface area contributed by atoms with Crippen molar-refractivity contribution in [3.05, 3.63) is 57.7 Å². The van der Waals surface area contributed by atoms with Crippen LogP contribution in [-0.2, 0) is 21.2 Å². The normalized spacial score (nSPS) is 11.8. The third-order valence-electron chi connectivity index (χ3n) is 4.73. The summed E-state index contributed by atoms with van der Waals surface area (Å²) >= 11 is 1.12. The molecule has 0 radical (unpaired) electrons. The molecule has 7 nitrogen and oxygen atoms in total. The molecule has 1 amide bonds. The number of carbonyl (C=O) groups excluding carboxylic acids is 1. The maximum absolute atomic E-state index is 12.6. The van der Waals surface area contributed by atoms with E-state index in [1.807, 2.05) is 32.9 Å². The Morgan fingerprint density at radius 1 is 1.17 bits per heavy atom. The molecule has 1 heterocycles. The van der Waals surface area contributed by atoms with Crippen molar-refractivity contribution in [2.75, 3.05) is 22.4 Å². The summed E-state index contributed by atoms with van der Waals surface area (Å²) in [7, 11) is -3.64. The number of anilines is 2. The number of rotatable bonds is 7. The molecule has 9 heteroatoms. The van der Waals surface area contributed by atoms with Crippen LogP contribution in [0.25, 0.3) is 10.2 Å². The second kappa shape index (κ2) is 8.61. The van der Waals surface area contributed by atoms with Gasteiger partial charge in [-0.25, -0.2) is 8.42 Å². The molecule has 0 aliphatic rings. The zero-order chi connectivity index (χ0) is 22.1. The number of hydrogen-bond donors (Lipinski definition) is 1. The Labute approximate surface area is 180 Å². The fourth-order valence-electron chi connectivity index (χ4n) is 3.23. The Morgan fingerprint density at radius 2 is 1.83 bits per heavy atom. The second-order valence-electron chi connectivity index (χ2n) is 7.35. The molecular weight excluding hydrogens is 422 g/mol. The predicted molar refractivity (Wildman–Crippen MR) is 123 cm³/mol. The average Bonchev–Trinajstić information content (AvgIpc) is 3.00. The lowest BCUT2D eigenvalue weighted by Crippen LogP contribution is -2.37. The number of thiazole rings is 1. The molecule has 0 aliphatic heterocycles. The van der Waals surface area contributed by atoms with Crippen LogP contribution in [0.4, 0.5) is 11.4 Å². The zero-order valence-electron chi connectivity index (χ0n) is 17.4. The van der Waals surface area contributed by atoms with Crippen LogP contribution in [0, 0.1) is 0 Å². The van der Waals surface area contributed by atoms with Gasteiger partial charge in [0.15, 0.2) is 0 Å². The van der Waals surface area contributed by atoms with Gasteiger partial charge in [0.1, 0.15) is 6.54 Å². The van der Waals surface area contributed by atoms with E-state index in [0.29, 0.717) is 11.4 Å². The number of hydrogen-bond acceptors (Lipinski definition) is 5. The lowest BCUT2D eigenvalue weighted by Gasteiger charge is -2.22. The summed E-state index contributed by atoms with van der Waals surface area (Å²) in [6.45, 7) is 5.55. The van der Waals surface area contributed by atoms with Crippen molar-refractivity contribution < 1.29 is 13.2 Å². The van der Waals surface area contributed by atoms with E-state index in [9.17, 15) is 18.0 Å². The number of carbonyl (C=O) groups is 1. The Kier molecular flexibility index (Phi) is 6.33. The highest BCUT2D eigenvalue weighted by atomic mass is 32.2. The fourth-order valence-corrected chi connectivity index (χ4v) is 5.14. The van der Waals surface area contributed by atoms with Gasteiger partial charge in [-0.15, -0.1) is 0 Å². The van der Waals surface area contributed by atoms with Gasteiger partial charge in [0.2, 0.25) is 15.9 Å². The van der Waals surface area contributed by atoms with Crippen LogP contribution in [0.5, 0.6) is 0 Å². The largest absolute Gasteiger partial charge is 0.324 e. The third kappa shape index (κ3) is 4.73. The molecule has 0 aliphatic carbocycles. The Bertz CT molecular complexity index is 1230. The molecule has 160 valence electrons. The van der Waals surface area contributed by atoms with E-state index >= 15 is 0 Å². The summed E-state index contributed by atoms with van der Waals surface area (Å²) in [6.07, 6.45) is 1.92. The van der Waals surface area contributed by atoms with Gasteiger partial charge in [-0.05, 0) is 56.2 Å². The van der Waals surface area contributed by atoms with Gasteiger partial charge < -0.3 is 5.32 Å². The SMILES string of the molecule is CCc1ccc(N(CC(=O)Nc2ccc3c(c2)sc(=O)n3C(C)C)S(C)(=O)=O)cc1. The molecule has 0 atom stereocenters. The van der Waals surface area contributed by atoms with Crippen LogP contribution < -0.4 is 14.5 Å². The number of nitrogens with one attached hydrogen (secondary N) is 1. The van der Waals surface area contributed by atoms with Crippen molar-refractivity contribution in [3.8, 4) is 0 Å². The molecule has 0 spiro atoms. The molecular formula is C21H25N3O4S2. The molecule has 0 bridgehead atoms. The number of fused-ring (bicyclic) bond motifs is 1. The minimum atomic E-state index is -3.64. The molecule has 0 saturated carbocycles. The predicted octanol–water partition coefficient (Wildman–Crippen LogP) is 3.61. The molecule has 1 aromatic heterocycles. The lowest BCUT2D eigenvalue weighted by atomic mass is 10.1. The Hall–Kier alpha value is -2.65. The number of aryl methyl sites for hydroxylation is 1. The monoisotopic (exact) mass is 447 g/mol. The number of aromatic nitrogens is 1. The van der Waals surface area contributed by atoms with Crippen LogP contribution in [-0.4, -0.2) is 31.7 Å². The van der Waals surface area contributed by atoms with Crippen LogP contribution in [0.1, 0.15) is 32.4 Å². The van der Waals surface area contributed by atoms with E-state index in [2.05, 4.69) is 5.32 Å². The smallest absolute Gasteiger partial charge is 0.308 e. The highest BCUT2D eigenvalue weighted by Crippen LogP contribution is 2.24. The van der Waals surface area contributed by atoms with Crippen molar-refractivity contribution in [1.29, 1.82) is 0 Å². The summed E-state index contributed by atoms with van der Waals surface area (Å²) < 4.78 is 28.1. The van der Waals surface area contributed by atoms with Gasteiger partial charge in [-0.3, -0.25) is 18.5 Å². The first-order valence-electron chi connectivity index (χ1n) is 9.61. The molecule has 30 heavy (non-hydrogen) atoms. The quantitative estimate of drug-likeness (QED) is 0.599. The van der Waals surface area contributed by atoms with E-state index in [1.54, 1.807) is 34.9 Å². The van der Waals surface area contributed by atoms with Gasteiger partial charge in [0, 0.05) is 11.7 Å². The molecule has 3 aromatic rings. The first-order valence-corrected chi connectivity index (χ1v) is 12.3. The van der Waals surface area contributed by atoms with Gasteiger partial charge in [0.05, 0.1) is 22.2 Å². The Morgan fingerprint density at radius 3 is 2.40 bits per heavy atom. The van der Waals surface area contributed by atoms with E-state index in [-0.39, 0.29) is 17.5 Å². The molecule has 1 N–H and O–H groups in total. The van der Waals surface area contributed by atoms with Gasteiger partial charge in [-0.2, -0.15) is 0 Å². The molecule has 2 aromatic carbocycles. The standard InChI is InChI=1S/C21H25N3O4S2/c1-5-15-6-9-17(10-7-15)23(30(4,27)28)13-20(25)22-16-8-11-18-19(12-16)29-21(26)24(18)14(2)3/h6-12,14H,5,13H2,1-4H3,(H,22,25). The van der Waals surface area contributed by atoms with Gasteiger partial charge in [-0.1, -0.05) is 30.4 Å².